The quantitative estimate of drug-likeness (QED) is 0.0198. The van der Waals surface area contributed by atoms with Gasteiger partial charge in [0.2, 0.25) is 0 Å². The summed E-state index contributed by atoms with van der Waals surface area (Å²) in [4.78, 5) is 25.4. The number of ether oxygens (including phenoxy) is 4. The maximum Gasteiger partial charge on any atom is 0.306 e. The molecule has 0 amide bonds. The molecule has 64 heavy (non-hydrogen) atoms. The van der Waals surface area contributed by atoms with Gasteiger partial charge in [-0.1, -0.05) is 163 Å². The highest BCUT2D eigenvalue weighted by molar-refractivity contribution is 7.85. The van der Waals surface area contributed by atoms with E-state index in [1.165, 1.54) is 57.8 Å². The Balaban J connectivity index is 2.48. The second-order valence-corrected chi connectivity index (χ2v) is 17.9. The van der Waals surface area contributed by atoms with Gasteiger partial charge in [-0.25, -0.2) is 0 Å². The third-order valence-corrected chi connectivity index (χ3v) is 11.2. The second-order valence-electron chi connectivity index (χ2n) is 16.4. The second kappa shape index (κ2) is 40.1. The van der Waals surface area contributed by atoms with Gasteiger partial charge in [0.05, 0.1) is 6.61 Å². The molecule has 0 saturated carbocycles. The summed E-state index contributed by atoms with van der Waals surface area (Å²) in [5.74, 6) is -2.11. The van der Waals surface area contributed by atoms with E-state index >= 15 is 0 Å². The molecule has 1 aliphatic rings. The fourth-order valence-corrected chi connectivity index (χ4v) is 7.45. The zero-order valence-electron chi connectivity index (χ0n) is 39.1. The predicted octanol–water partition coefficient (Wildman–Crippen LogP) is 10.4. The third kappa shape index (κ3) is 34.2. The maximum absolute atomic E-state index is 12.8. The normalized spacial score (nSPS) is 20.4. The Morgan fingerprint density at radius 3 is 1.53 bits per heavy atom. The molecular formula is C51H84O12S. The van der Waals surface area contributed by atoms with Gasteiger partial charge >= 0.3 is 11.9 Å². The van der Waals surface area contributed by atoms with Crippen LogP contribution in [-0.2, 0) is 38.7 Å². The molecule has 366 valence electrons. The lowest BCUT2D eigenvalue weighted by Crippen LogP contribution is -2.60. The Morgan fingerprint density at radius 2 is 1.02 bits per heavy atom. The first-order valence-corrected chi connectivity index (χ1v) is 25.8. The van der Waals surface area contributed by atoms with Crippen LogP contribution in [0.4, 0.5) is 0 Å². The van der Waals surface area contributed by atoms with E-state index in [4.69, 9.17) is 18.9 Å². The van der Waals surface area contributed by atoms with Crippen molar-refractivity contribution in [2.45, 2.75) is 205 Å². The van der Waals surface area contributed by atoms with Gasteiger partial charge in [-0.05, 0) is 77.0 Å². The Morgan fingerprint density at radius 1 is 0.547 bits per heavy atom. The first-order valence-electron chi connectivity index (χ1n) is 24.1. The van der Waals surface area contributed by atoms with Gasteiger partial charge in [-0.3, -0.25) is 14.1 Å². The van der Waals surface area contributed by atoms with E-state index in [2.05, 4.69) is 80.7 Å². The molecule has 6 unspecified atom stereocenters. The molecule has 0 aliphatic carbocycles. The number of esters is 2. The molecule has 13 heteroatoms. The van der Waals surface area contributed by atoms with E-state index < -0.39 is 71.2 Å². The zero-order chi connectivity index (χ0) is 46.9. The topological polar surface area (TPSA) is 186 Å². The summed E-state index contributed by atoms with van der Waals surface area (Å²) in [6, 6.07) is 0. The summed E-state index contributed by atoms with van der Waals surface area (Å²) in [7, 11) is -4.62. The first-order chi connectivity index (χ1) is 31.0. The van der Waals surface area contributed by atoms with Crippen molar-refractivity contribution < 1.29 is 56.8 Å². The fraction of sp³-hybridized carbons (Fsp3) is 0.686. The summed E-state index contributed by atoms with van der Waals surface area (Å²) in [5.41, 5.74) is 0. The summed E-state index contributed by atoms with van der Waals surface area (Å²) in [6.07, 6.45) is 43.5. The van der Waals surface area contributed by atoms with Crippen molar-refractivity contribution in [3.05, 3.63) is 85.1 Å². The molecule has 1 aliphatic heterocycles. The molecule has 0 aromatic carbocycles. The summed E-state index contributed by atoms with van der Waals surface area (Å²) >= 11 is 0. The van der Waals surface area contributed by atoms with Crippen LogP contribution in [0.5, 0.6) is 0 Å². The summed E-state index contributed by atoms with van der Waals surface area (Å²) in [5, 5.41) is 30.9. The Hall–Kier alpha value is -3.17. The minimum atomic E-state index is -4.62. The van der Waals surface area contributed by atoms with Crippen LogP contribution < -0.4 is 0 Å². The number of allylic oxidation sites excluding steroid dienone is 14. The zero-order valence-corrected chi connectivity index (χ0v) is 39.9. The van der Waals surface area contributed by atoms with Crippen LogP contribution in [0, 0.1) is 0 Å². The number of aliphatic hydroxyl groups is 3. The number of unbranched alkanes of at least 4 members (excludes halogenated alkanes) is 13. The molecule has 1 fully saturated rings. The molecule has 0 radical (unpaired) electrons. The van der Waals surface area contributed by atoms with E-state index in [1.807, 2.05) is 18.2 Å². The van der Waals surface area contributed by atoms with Gasteiger partial charge in [0.25, 0.3) is 10.1 Å². The number of hydrogen-bond acceptors (Lipinski definition) is 11. The van der Waals surface area contributed by atoms with Gasteiger partial charge < -0.3 is 34.3 Å². The molecule has 4 N–H and O–H groups in total. The molecule has 0 aromatic rings. The van der Waals surface area contributed by atoms with Crippen LogP contribution in [0.1, 0.15) is 168 Å². The van der Waals surface area contributed by atoms with Crippen LogP contribution in [0.2, 0.25) is 0 Å². The number of hydrogen-bond donors (Lipinski definition) is 4. The SMILES string of the molecule is CC/C=C\C/C=C\C/C=C\C/C=C\C/C=C\C/C=C\CCC(=O)OC(COC(=O)CCCCCCCCC/C=C\CCCCCCCC)COC1OC(CS(=O)(=O)O)C(O)C(O)C1O. The van der Waals surface area contributed by atoms with E-state index in [0.29, 0.717) is 19.3 Å². The summed E-state index contributed by atoms with van der Waals surface area (Å²) < 4.78 is 54.1. The molecule has 0 spiro atoms. The van der Waals surface area contributed by atoms with E-state index in [9.17, 15) is 37.9 Å². The lowest BCUT2D eigenvalue weighted by Gasteiger charge is -2.40. The average molecular weight is 921 g/mol. The van der Waals surface area contributed by atoms with Crippen molar-refractivity contribution in [1.82, 2.24) is 0 Å². The van der Waals surface area contributed by atoms with Crippen molar-refractivity contribution in [3.8, 4) is 0 Å². The number of rotatable bonds is 39. The average Bonchev–Trinajstić information content (AvgIpc) is 3.26. The smallest absolute Gasteiger partial charge is 0.306 e. The molecule has 1 rings (SSSR count). The summed E-state index contributed by atoms with van der Waals surface area (Å²) in [6.45, 7) is 3.58. The standard InChI is InChI=1S/C51H84O12S/c1-3-5-7-9-11-13-15-17-19-21-22-24-26-28-30-32-34-36-38-40-47(53)62-44(42-61-51-50(56)49(55)48(54)45(63-51)43-64(57,58)59)41-60-46(52)39-37-35-33-31-29-27-25-23-20-18-16-14-12-10-8-6-4-2/h5,7,11,13,17-20,22,24,28,30,34,36,44-45,48-51,54-56H,3-4,6,8-10,12,14-16,21,23,25-27,29,31-33,35,37-43H2,1-2H3,(H,57,58,59)/b7-5-,13-11-,19-17-,20-18-,24-22-,30-28-,36-34-. The van der Waals surface area contributed by atoms with E-state index in [-0.39, 0.29) is 19.4 Å². The van der Waals surface area contributed by atoms with Crippen molar-refractivity contribution in [2.75, 3.05) is 19.0 Å². The van der Waals surface area contributed by atoms with Crippen LogP contribution in [0.3, 0.4) is 0 Å². The van der Waals surface area contributed by atoms with Gasteiger partial charge in [-0.2, -0.15) is 8.42 Å². The van der Waals surface area contributed by atoms with Gasteiger partial charge in [0, 0.05) is 12.8 Å². The predicted molar refractivity (Wildman–Crippen MR) is 256 cm³/mol. The molecule has 1 saturated heterocycles. The molecule has 1 heterocycles. The lowest BCUT2D eigenvalue weighted by atomic mass is 10.00. The van der Waals surface area contributed by atoms with Crippen LogP contribution in [-0.4, -0.2) is 96.0 Å². The molecule has 0 aromatic heterocycles. The van der Waals surface area contributed by atoms with E-state index in [0.717, 1.165) is 64.2 Å². The highest BCUT2D eigenvalue weighted by Crippen LogP contribution is 2.24. The Bertz CT molecular complexity index is 1500. The Labute approximate surface area is 386 Å². The molecule has 0 bridgehead atoms. The van der Waals surface area contributed by atoms with E-state index in [1.54, 1.807) is 0 Å². The molecular weight excluding hydrogens is 837 g/mol. The monoisotopic (exact) mass is 921 g/mol. The van der Waals surface area contributed by atoms with Crippen LogP contribution >= 0.6 is 0 Å². The number of aliphatic hydroxyl groups excluding tert-OH is 3. The van der Waals surface area contributed by atoms with Crippen molar-refractivity contribution in [2.24, 2.45) is 0 Å². The highest BCUT2D eigenvalue weighted by Gasteiger charge is 2.46. The minimum absolute atomic E-state index is 0.0342. The lowest BCUT2D eigenvalue weighted by molar-refractivity contribution is -0.297. The van der Waals surface area contributed by atoms with Gasteiger partial charge in [0.1, 0.15) is 36.8 Å². The molecule has 12 nitrogen and oxygen atoms in total. The minimum Gasteiger partial charge on any atom is -0.462 e. The third-order valence-electron chi connectivity index (χ3n) is 10.5. The number of carbonyl (C=O) groups is 2. The van der Waals surface area contributed by atoms with Crippen molar-refractivity contribution >= 4 is 22.1 Å². The Kier molecular flexibility index (Phi) is 36.9. The first kappa shape index (κ1) is 58.8. The van der Waals surface area contributed by atoms with Gasteiger partial charge in [-0.15, -0.1) is 0 Å². The molecule has 6 atom stereocenters. The van der Waals surface area contributed by atoms with Gasteiger partial charge in [0.15, 0.2) is 12.4 Å². The van der Waals surface area contributed by atoms with Crippen molar-refractivity contribution in [3.63, 3.8) is 0 Å². The van der Waals surface area contributed by atoms with Crippen LogP contribution in [0.15, 0.2) is 85.1 Å². The number of carbonyl (C=O) groups excluding carboxylic acids is 2. The highest BCUT2D eigenvalue weighted by atomic mass is 32.2. The largest absolute Gasteiger partial charge is 0.462 e. The van der Waals surface area contributed by atoms with Crippen LogP contribution in [0.25, 0.3) is 0 Å². The maximum atomic E-state index is 12.8. The van der Waals surface area contributed by atoms with Crippen molar-refractivity contribution in [1.29, 1.82) is 0 Å². The fourth-order valence-electron chi connectivity index (χ4n) is 6.76.